The monoisotopic (exact) mass is 360 g/mol. The summed E-state index contributed by atoms with van der Waals surface area (Å²) >= 11 is 0. The number of ether oxygens (including phenoxy) is 3. The van der Waals surface area contributed by atoms with Crippen LogP contribution in [0.4, 0.5) is 0 Å². The Morgan fingerprint density at radius 3 is 2.62 bits per heavy atom. The molecule has 2 atom stereocenters. The van der Waals surface area contributed by atoms with Crippen LogP contribution in [-0.4, -0.2) is 56.7 Å². The number of benzene rings is 1. The first-order valence-corrected chi connectivity index (χ1v) is 7.86. The third-order valence-corrected chi connectivity index (χ3v) is 4.08. The Bertz CT molecular complexity index is 758. The molecule has 2 rings (SSSR count). The van der Waals surface area contributed by atoms with E-state index in [1.54, 1.807) is 24.3 Å². The van der Waals surface area contributed by atoms with Crippen LogP contribution in [0.3, 0.4) is 0 Å². The minimum Gasteiger partial charge on any atom is -0.493 e. The number of carbonyl (C=O) groups is 2. The second-order valence-electron chi connectivity index (χ2n) is 5.57. The molecule has 0 aromatic heterocycles. The van der Waals surface area contributed by atoms with Gasteiger partial charge in [0.1, 0.15) is 6.04 Å². The van der Waals surface area contributed by atoms with Crippen molar-refractivity contribution in [2.75, 3.05) is 27.9 Å². The zero-order valence-electron chi connectivity index (χ0n) is 14.8. The maximum atomic E-state index is 12.5. The molecule has 1 aliphatic heterocycles. The number of azide groups is 1. The minimum atomic E-state index is -0.766. The molecule has 1 unspecified atom stereocenters. The lowest BCUT2D eigenvalue weighted by molar-refractivity contribution is -0.149. The zero-order valence-corrected chi connectivity index (χ0v) is 14.8. The van der Waals surface area contributed by atoms with Crippen LogP contribution in [0, 0.1) is 0 Å². The molecule has 1 saturated heterocycles. The van der Waals surface area contributed by atoms with Gasteiger partial charge in [0.25, 0.3) is 0 Å². The van der Waals surface area contributed by atoms with Gasteiger partial charge in [0.2, 0.25) is 5.91 Å². The fourth-order valence-corrected chi connectivity index (χ4v) is 2.79. The second kappa shape index (κ2) is 8.77. The number of carbonyl (C=O) groups excluding carboxylic acids is 2. The second-order valence-corrected chi connectivity index (χ2v) is 5.57. The summed E-state index contributed by atoms with van der Waals surface area (Å²) in [4.78, 5) is 28.5. The number of likely N-dealkylation sites (tertiary alicyclic amines) is 1. The summed E-state index contributed by atoms with van der Waals surface area (Å²) in [5, 5.41) is 3.61. The molecule has 0 radical (unpaired) electrons. The van der Waals surface area contributed by atoms with Crippen LogP contribution in [0.1, 0.15) is 12.0 Å². The summed E-state index contributed by atoms with van der Waals surface area (Å²) in [7, 11) is 4.32. The summed E-state index contributed by atoms with van der Waals surface area (Å²) in [6, 6.07) is 4.01. The Morgan fingerprint density at radius 1 is 1.27 bits per heavy atom. The van der Waals surface area contributed by atoms with Crippen LogP contribution in [-0.2, 0) is 14.3 Å². The van der Waals surface area contributed by atoms with Gasteiger partial charge in [-0.25, -0.2) is 4.79 Å². The molecule has 9 heteroatoms. The van der Waals surface area contributed by atoms with Crippen LogP contribution in [0.2, 0.25) is 0 Å². The van der Waals surface area contributed by atoms with Crippen molar-refractivity contribution in [1.82, 2.24) is 4.90 Å². The van der Waals surface area contributed by atoms with Crippen LogP contribution < -0.4 is 9.47 Å². The predicted octanol–water partition coefficient (Wildman–Crippen LogP) is 2.17. The van der Waals surface area contributed by atoms with Crippen molar-refractivity contribution in [3.63, 3.8) is 0 Å². The topological polar surface area (TPSA) is 114 Å². The summed E-state index contributed by atoms with van der Waals surface area (Å²) in [5.41, 5.74) is 9.31. The van der Waals surface area contributed by atoms with Gasteiger partial charge < -0.3 is 19.1 Å². The summed E-state index contributed by atoms with van der Waals surface area (Å²) in [5.74, 6) is 0.219. The fraction of sp³-hybridized carbons (Fsp3) is 0.412. The Morgan fingerprint density at radius 2 is 2.00 bits per heavy atom. The van der Waals surface area contributed by atoms with Gasteiger partial charge >= 0.3 is 5.97 Å². The molecule has 0 aliphatic carbocycles. The molecule has 1 aromatic rings. The maximum absolute atomic E-state index is 12.5. The van der Waals surface area contributed by atoms with Crippen molar-refractivity contribution in [1.29, 1.82) is 0 Å². The molecule has 1 fully saturated rings. The molecule has 9 nitrogen and oxygen atoms in total. The fourth-order valence-electron chi connectivity index (χ4n) is 2.79. The van der Waals surface area contributed by atoms with Crippen molar-refractivity contribution in [3.05, 3.63) is 40.3 Å². The van der Waals surface area contributed by atoms with E-state index in [0.29, 0.717) is 11.5 Å². The lowest BCUT2D eigenvalue weighted by Gasteiger charge is -2.20. The average Bonchev–Trinajstić information content (AvgIpc) is 3.09. The van der Waals surface area contributed by atoms with Crippen molar-refractivity contribution in [2.45, 2.75) is 18.5 Å². The normalized spacial score (nSPS) is 19.1. The van der Waals surface area contributed by atoms with Gasteiger partial charge in [-0.3, -0.25) is 4.79 Å². The molecule has 1 aromatic carbocycles. The number of nitrogens with zero attached hydrogens (tertiary/aromatic N) is 4. The maximum Gasteiger partial charge on any atom is 0.328 e. The highest BCUT2D eigenvalue weighted by Crippen LogP contribution is 2.28. The van der Waals surface area contributed by atoms with E-state index < -0.39 is 18.1 Å². The van der Waals surface area contributed by atoms with Crippen molar-refractivity contribution in [3.8, 4) is 11.5 Å². The SMILES string of the molecule is COC(=O)[C@@H]1CC(N=[N+]=[N-])CN1C(=O)/C=C/c1ccc(OC)c(OC)c1. The first-order valence-electron chi connectivity index (χ1n) is 7.86. The third-order valence-electron chi connectivity index (χ3n) is 4.08. The van der Waals surface area contributed by atoms with Gasteiger partial charge in [-0.05, 0) is 35.7 Å². The van der Waals surface area contributed by atoms with E-state index in [1.165, 1.54) is 32.3 Å². The molecule has 0 bridgehead atoms. The molecule has 0 spiro atoms. The number of amides is 1. The van der Waals surface area contributed by atoms with Crippen LogP contribution in [0.25, 0.3) is 16.5 Å². The molecular weight excluding hydrogens is 340 g/mol. The highest BCUT2D eigenvalue weighted by Gasteiger charge is 2.39. The van der Waals surface area contributed by atoms with E-state index in [-0.39, 0.29) is 18.9 Å². The zero-order chi connectivity index (χ0) is 19.1. The molecule has 1 aliphatic rings. The smallest absolute Gasteiger partial charge is 0.328 e. The van der Waals surface area contributed by atoms with Gasteiger partial charge in [-0.15, -0.1) is 0 Å². The van der Waals surface area contributed by atoms with Crippen LogP contribution >= 0.6 is 0 Å². The van der Waals surface area contributed by atoms with Gasteiger partial charge in [-0.2, -0.15) is 0 Å². The standard InChI is InChI=1S/C17H20N4O5/c1-24-14-6-4-11(8-15(14)25-2)5-7-16(22)21-10-12(19-20-18)9-13(21)17(23)26-3/h4-8,12-13H,9-10H2,1-3H3/b7-5+/t12?,13-/m0/s1. The van der Waals surface area contributed by atoms with Crippen LogP contribution in [0.5, 0.6) is 11.5 Å². The lowest BCUT2D eigenvalue weighted by atomic mass is 10.1. The Balaban J connectivity index is 2.17. The van der Waals surface area contributed by atoms with E-state index in [9.17, 15) is 9.59 Å². The molecular formula is C17H20N4O5. The van der Waals surface area contributed by atoms with Crippen molar-refractivity contribution in [2.24, 2.45) is 5.11 Å². The van der Waals surface area contributed by atoms with E-state index in [2.05, 4.69) is 10.0 Å². The van der Waals surface area contributed by atoms with E-state index in [0.717, 1.165) is 5.56 Å². The van der Waals surface area contributed by atoms with Crippen LogP contribution in [0.15, 0.2) is 29.4 Å². The van der Waals surface area contributed by atoms with E-state index in [1.807, 2.05) is 0 Å². The highest BCUT2D eigenvalue weighted by atomic mass is 16.5. The van der Waals surface area contributed by atoms with Gasteiger partial charge in [0.15, 0.2) is 11.5 Å². The summed E-state index contributed by atoms with van der Waals surface area (Å²) in [6.07, 6.45) is 3.21. The number of methoxy groups -OCH3 is 3. The first kappa shape index (κ1) is 19.1. The molecule has 1 amide bonds. The summed E-state index contributed by atoms with van der Waals surface area (Å²) in [6.45, 7) is 0.166. The first-order chi connectivity index (χ1) is 12.5. The Labute approximate surface area is 150 Å². The van der Waals surface area contributed by atoms with Gasteiger partial charge in [-0.1, -0.05) is 11.2 Å². The van der Waals surface area contributed by atoms with E-state index >= 15 is 0 Å². The predicted molar refractivity (Wildman–Crippen MR) is 93.6 cm³/mol. The molecule has 26 heavy (non-hydrogen) atoms. The number of rotatable bonds is 6. The number of esters is 1. The lowest BCUT2D eigenvalue weighted by Crippen LogP contribution is -2.40. The summed E-state index contributed by atoms with van der Waals surface area (Å²) < 4.78 is 15.1. The minimum absolute atomic E-state index is 0.166. The molecule has 0 N–H and O–H groups in total. The molecule has 1 heterocycles. The Hall–Kier alpha value is -3.19. The largest absolute Gasteiger partial charge is 0.493 e. The van der Waals surface area contributed by atoms with Crippen molar-refractivity contribution >= 4 is 18.0 Å². The number of hydrogen-bond donors (Lipinski definition) is 0. The highest BCUT2D eigenvalue weighted by molar-refractivity contribution is 5.95. The van der Waals surface area contributed by atoms with Gasteiger partial charge in [0, 0.05) is 17.5 Å². The van der Waals surface area contributed by atoms with Crippen molar-refractivity contribution < 1.29 is 23.8 Å². The third kappa shape index (κ3) is 4.25. The quantitative estimate of drug-likeness (QED) is 0.254. The molecule has 138 valence electrons. The molecule has 0 saturated carbocycles. The average molecular weight is 360 g/mol. The Kier molecular flexibility index (Phi) is 6.46. The van der Waals surface area contributed by atoms with E-state index in [4.69, 9.17) is 19.7 Å². The number of hydrogen-bond acceptors (Lipinski definition) is 6. The van der Waals surface area contributed by atoms with Gasteiger partial charge in [0.05, 0.1) is 27.4 Å².